The Bertz CT molecular complexity index is 739. The van der Waals surface area contributed by atoms with Crippen LogP contribution >= 0.6 is 0 Å². The van der Waals surface area contributed by atoms with Crippen molar-refractivity contribution in [2.45, 2.75) is 44.8 Å². The minimum absolute atomic E-state index is 0.438. The summed E-state index contributed by atoms with van der Waals surface area (Å²) in [5.74, 6) is 0. The Morgan fingerprint density at radius 2 is 2.14 bits per heavy atom. The number of fused-ring (bicyclic) bond motifs is 1. The Morgan fingerprint density at radius 3 is 2.73 bits per heavy atom. The van der Waals surface area contributed by atoms with Crippen LogP contribution in [0.4, 0.5) is 4.79 Å². The maximum absolute atomic E-state index is 12.0. The third-order valence-electron chi connectivity index (χ3n) is 3.61. The van der Waals surface area contributed by atoms with E-state index in [4.69, 9.17) is 4.74 Å². The third kappa shape index (κ3) is 2.81. The molecule has 2 aromatic heterocycles. The number of pyridine rings is 1. The van der Waals surface area contributed by atoms with Gasteiger partial charge in [-0.15, -0.1) is 0 Å². The van der Waals surface area contributed by atoms with Crippen LogP contribution < -0.4 is 5.32 Å². The number of hydrogen-bond acceptors (Lipinski definition) is 4. The predicted octanol–water partition coefficient (Wildman–Crippen LogP) is 2.89. The largest absolute Gasteiger partial charge is 0.444 e. The molecule has 2 aromatic rings. The van der Waals surface area contributed by atoms with Crippen molar-refractivity contribution in [2.24, 2.45) is 0 Å². The second kappa shape index (κ2) is 4.83. The molecular weight excluding hydrogens is 282 g/mol. The molecular formula is C16H19N3O3. The third-order valence-corrected chi connectivity index (χ3v) is 3.61. The summed E-state index contributed by atoms with van der Waals surface area (Å²) < 4.78 is 5.31. The summed E-state index contributed by atoms with van der Waals surface area (Å²) in [6.07, 6.45) is 1.97. The quantitative estimate of drug-likeness (QED) is 0.854. The van der Waals surface area contributed by atoms with E-state index in [1.807, 2.05) is 32.9 Å². The van der Waals surface area contributed by atoms with Gasteiger partial charge in [0.15, 0.2) is 6.29 Å². The van der Waals surface area contributed by atoms with E-state index in [1.165, 1.54) is 0 Å². The first-order valence-corrected chi connectivity index (χ1v) is 7.28. The highest BCUT2D eigenvalue weighted by molar-refractivity contribution is 5.85. The molecule has 0 bridgehead atoms. The van der Waals surface area contributed by atoms with Crippen molar-refractivity contribution in [3.63, 3.8) is 0 Å². The van der Waals surface area contributed by atoms with E-state index in [-0.39, 0.29) is 0 Å². The minimum atomic E-state index is -0.532. The molecule has 0 saturated heterocycles. The minimum Gasteiger partial charge on any atom is -0.444 e. The Labute approximate surface area is 128 Å². The van der Waals surface area contributed by atoms with Crippen LogP contribution in [0.15, 0.2) is 18.2 Å². The van der Waals surface area contributed by atoms with Crippen molar-refractivity contribution in [3.05, 3.63) is 29.6 Å². The second-order valence-corrected chi connectivity index (χ2v) is 6.69. The number of carbonyl (C=O) groups excluding carboxylic acids is 2. The number of ether oxygens (including phenoxy) is 1. The van der Waals surface area contributed by atoms with Gasteiger partial charge in [-0.1, -0.05) is 0 Å². The normalized spacial score (nSPS) is 16.3. The Balaban J connectivity index is 1.83. The highest BCUT2D eigenvalue weighted by atomic mass is 16.6. The highest BCUT2D eigenvalue weighted by Crippen LogP contribution is 2.45. The van der Waals surface area contributed by atoms with Gasteiger partial charge in [-0.2, -0.15) is 0 Å². The van der Waals surface area contributed by atoms with Gasteiger partial charge in [0.25, 0.3) is 0 Å². The summed E-state index contributed by atoms with van der Waals surface area (Å²) in [5.41, 5.74) is 0.936. The van der Waals surface area contributed by atoms with E-state index in [9.17, 15) is 9.59 Å². The zero-order chi connectivity index (χ0) is 16.0. The Hall–Kier alpha value is -2.37. The molecule has 22 heavy (non-hydrogen) atoms. The van der Waals surface area contributed by atoms with Crippen molar-refractivity contribution in [3.8, 4) is 0 Å². The average Bonchev–Trinajstić information content (AvgIpc) is 3.06. The highest BCUT2D eigenvalue weighted by Gasteiger charge is 2.48. The van der Waals surface area contributed by atoms with Crippen molar-refractivity contribution < 1.29 is 14.3 Å². The lowest BCUT2D eigenvalue weighted by atomic mass is 10.1. The molecule has 0 spiro atoms. The van der Waals surface area contributed by atoms with Crippen molar-refractivity contribution in [1.82, 2.24) is 15.3 Å². The van der Waals surface area contributed by atoms with Gasteiger partial charge in [0.05, 0.1) is 16.9 Å². The molecule has 1 aliphatic carbocycles. The summed E-state index contributed by atoms with van der Waals surface area (Å²) in [6, 6.07) is 5.53. The lowest BCUT2D eigenvalue weighted by molar-refractivity contribution is 0.0493. The van der Waals surface area contributed by atoms with Crippen LogP contribution in [-0.2, 0) is 10.3 Å². The van der Waals surface area contributed by atoms with Gasteiger partial charge >= 0.3 is 6.09 Å². The van der Waals surface area contributed by atoms with Crippen LogP contribution in [-0.4, -0.2) is 27.9 Å². The number of H-pyrrole nitrogens is 1. The molecule has 116 valence electrons. The van der Waals surface area contributed by atoms with Gasteiger partial charge in [-0.3, -0.25) is 4.79 Å². The Kier molecular flexibility index (Phi) is 3.20. The van der Waals surface area contributed by atoms with E-state index in [0.29, 0.717) is 11.3 Å². The number of hydrogen-bond donors (Lipinski definition) is 2. The van der Waals surface area contributed by atoms with Crippen LogP contribution in [0.2, 0.25) is 0 Å². The zero-order valence-corrected chi connectivity index (χ0v) is 12.9. The molecule has 1 fully saturated rings. The summed E-state index contributed by atoms with van der Waals surface area (Å²) in [6.45, 7) is 5.49. The molecule has 0 unspecified atom stereocenters. The number of rotatable bonds is 3. The Morgan fingerprint density at radius 1 is 1.41 bits per heavy atom. The van der Waals surface area contributed by atoms with E-state index < -0.39 is 17.2 Å². The number of aromatic nitrogens is 2. The number of amides is 1. The molecule has 2 heterocycles. The molecule has 2 N–H and O–H groups in total. The van der Waals surface area contributed by atoms with Crippen LogP contribution in [0.3, 0.4) is 0 Å². The van der Waals surface area contributed by atoms with Gasteiger partial charge in [0.1, 0.15) is 11.2 Å². The van der Waals surface area contributed by atoms with Crippen molar-refractivity contribution in [2.75, 3.05) is 0 Å². The van der Waals surface area contributed by atoms with Crippen LogP contribution in [0.1, 0.15) is 49.8 Å². The number of carbonyl (C=O) groups is 2. The van der Waals surface area contributed by atoms with E-state index in [1.54, 1.807) is 6.07 Å². The molecule has 0 aliphatic heterocycles. The number of aldehydes is 1. The van der Waals surface area contributed by atoms with Gasteiger partial charge in [-0.25, -0.2) is 9.78 Å². The fraction of sp³-hybridized carbons (Fsp3) is 0.438. The number of nitrogens with zero attached hydrogens (tertiary/aromatic N) is 1. The van der Waals surface area contributed by atoms with Crippen LogP contribution in [0, 0.1) is 0 Å². The maximum Gasteiger partial charge on any atom is 0.408 e. The van der Waals surface area contributed by atoms with E-state index in [2.05, 4.69) is 15.3 Å². The first-order valence-electron chi connectivity index (χ1n) is 7.28. The van der Waals surface area contributed by atoms with Gasteiger partial charge in [-0.05, 0) is 51.8 Å². The van der Waals surface area contributed by atoms with Crippen molar-refractivity contribution in [1.29, 1.82) is 0 Å². The zero-order valence-electron chi connectivity index (χ0n) is 12.9. The second-order valence-electron chi connectivity index (χ2n) is 6.69. The van der Waals surface area contributed by atoms with E-state index >= 15 is 0 Å². The average molecular weight is 301 g/mol. The summed E-state index contributed by atoms with van der Waals surface area (Å²) in [4.78, 5) is 30.3. The fourth-order valence-electron chi connectivity index (χ4n) is 2.43. The number of alkyl carbamates (subject to hydrolysis) is 1. The summed E-state index contributed by atoms with van der Waals surface area (Å²) in [7, 11) is 0. The SMILES string of the molecule is CC(C)(C)OC(=O)NC1(c2ccc3cc(C=O)[nH]c3n2)CC1. The standard InChI is InChI=1S/C16H19N3O3/c1-15(2,3)22-14(21)19-16(6-7-16)12-5-4-10-8-11(9-20)17-13(10)18-12/h4-5,8-9H,6-7H2,1-3H3,(H,17,18)(H,19,21). The van der Waals surface area contributed by atoms with Crippen LogP contribution in [0.5, 0.6) is 0 Å². The molecule has 3 rings (SSSR count). The molecule has 6 nitrogen and oxygen atoms in total. The number of aromatic amines is 1. The fourth-order valence-corrected chi connectivity index (χ4v) is 2.43. The molecule has 0 atom stereocenters. The summed E-state index contributed by atoms with van der Waals surface area (Å²) in [5, 5.41) is 3.79. The van der Waals surface area contributed by atoms with Gasteiger partial charge < -0.3 is 15.0 Å². The molecule has 0 aromatic carbocycles. The smallest absolute Gasteiger partial charge is 0.408 e. The summed E-state index contributed by atoms with van der Waals surface area (Å²) >= 11 is 0. The van der Waals surface area contributed by atoms with E-state index in [0.717, 1.165) is 30.2 Å². The molecule has 1 aliphatic rings. The first kappa shape index (κ1) is 14.6. The molecule has 6 heteroatoms. The van der Waals surface area contributed by atoms with Crippen LogP contribution in [0.25, 0.3) is 11.0 Å². The lowest BCUT2D eigenvalue weighted by Crippen LogP contribution is -2.39. The van der Waals surface area contributed by atoms with Crippen molar-refractivity contribution >= 4 is 23.4 Å². The lowest BCUT2D eigenvalue weighted by Gasteiger charge is -2.23. The topological polar surface area (TPSA) is 84.1 Å². The van der Waals surface area contributed by atoms with Gasteiger partial charge in [0, 0.05) is 5.39 Å². The first-order chi connectivity index (χ1) is 10.3. The van der Waals surface area contributed by atoms with Gasteiger partial charge in [0.2, 0.25) is 0 Å². The molecule has 1 saturated carbocycles. The molecule has 1 amide bonds. The molecule has 0 radical (unpaired) electrons. The number of nitrogens with one attached hydrogen (secondary N) is 2. The monoisotopic (exact) mass is 301 g/mol. The predicted molar refractivity (Wildman–Crippen MR) is 81.8 cm³/mol. The maximum atomic E-state index is 12.0.